The molecule has 1 aliphatic heterocycles. The maximum absolute atomic E-state index is 12.4. The zero-order chi connectivity index (χ0) is 16.1. The van der Waals surface area contributed by atoms with E-state index in [4.69, 9.17) is 9.84 Å². The van der Waals surface area contributed by atoms with Gasteiger partial charge in [-0.05, 0) is 12.1 Å². The van der Waals surface area contributed by atoms with Gasteiger partial charge < -0.3 is 20.1 Å². The Kier molecular flexibility index (Phi) is 4.92. The van der Waals surface area contributed by atoms with Crippen molar-refractivity contribution in [2.24, 2.45) is 0 Å². The molecule has 0 saturated carbocycles. The van der Waals surface area contributed by atoms with Crippen LogP contribution in [0.15, 0.2) is 24.3 Å². The molecule has 2 N–H and O–H groups in total. The van der Waals surface area contributed by atoms with Crippen LogP contribution in [0, 0.1) is 0 Å². The first kappa shape index (κ1) is 15.7. The molecule has 8 heteroatoms. The molecule has 118 valence electrons. The lowest BCUT2D eigenvalue weighted by molar-refractivity contribution is -0.142. The van der Waals surface area contributed by atoms with Gasteiger partial charge in [0, 0.05) is 13.0 Å². The van der Waals surface area contributed by atoms with Gasteiger partial charge in [0.25, 0.3) is 5.91 Å². The molecule has 1 aliphatic rings. The lowest BCUT2D eigenvalue weighted by Gasteiger charge is -2.29. The van der Waals surface area contributed by atoms with Gasteiger partial charge in [-0.15, -0.1) is 0 Å². The molecule has 0 bridgehead atoms. The fourth-order valence-corrected chi connectivity index (χ4v) is 2.05. The average molecular weight is 310 g/mol. The summed E-state index contributed by atoms with van der Waals surface area (Å²) in [6.45, 7) is -1.26. The van der Waals surface area contributed by atoms with Crippen LogP contribution in [0.25, 0.3) is 0 Å². The van der Waals surface area contributed by atoms with Crippen molar-refractivity contribution in [1.29, 1.82) is 0 Å². The van der Waals surface area contributed by atoms with Crippen molar-refractivity contribution in [3.05, 3.63) is 24.3 Å². The van der Waals surface area contributed by atoms with E-state index in [1.165, 1.54) is 4.90 Å². The molecular formula is C14H15FN2O5. The fraction of sp³-hybridized carbons (Fsp3) is 0.357. The highest BCUT2D eigenvalue weighted by Crippen LogP contribution is 2.31. The third-order valence-electron chi connectivity index (χ3n) is 3.16. The number of carboxylic acid groups (broad SMARTS) is 1. The van der Waals surface area contributed by atoms with E-state index in [9.17, 15) is 18.8 Å². The largest absolute Gasteiger partial charge is 0.482 e. The number of nitrogens with one attached hydrogen (secondary N) is 1. The third-order valence-corrected chi connectivity index (χ3v) is 3.16. The Morgan fingerprint density at radius 2 is 2.14 bits per heavy atom. The first-order chi connectivity index (χ1) is 10.5. The molecule has 2 rings (SSSR count). The summed E-state index contributed by atoms with van der Waals surface area (Å²) >= 11 is 0. The summed E-state index contributed by atoms with van der Waals surface area (Å²) < 4.78 is 17.7. The monoisotopic (exact) mass is 310 g/mol. The topological polar surface area (TPSA) is 95.9 Å². The number of halogens is 1. The van der Waals surface area contributed by atoms with Gasteiger partial charge in [0.15, 0.2) is 12.6 Å². The molecule has 1 unspecified atom stereocenters. The number of rotatable bonds is 6. The van der Waals surface area contributed by atoms with Crippen molar-refractivity contribution in [3.8, 4) is 5.75 Å². The second-order valence-electron chi connectivity index (χ2n) is 4.66. The summed E-state index contributed by atoms with van der Waals surface area (Å²) in [7, 11) is 0. The zero-order valence-corrected chi connectivity index (χ0v) is 11.6. The molecule has 0 aliphatic carbocycles. The summed E-state index contributed by atoms with van der Waals surface area (Å²) in [5.74, 6) is -1.84. The van der Waals surface area contributed by atoms with E-state index < -0.39 is 24.6 Å². The first-order valence-corrected chi connectivity index (χ1v) is 6.63. The van der Waals surface area contributed by atoms with E-state index >= 15 is 0 Å². The minimum atomic E-state index is -1.57. The Hall–Kier alpha value is -2.64. The predicted molar refractivity (Wildman–Crippen MR) is 74.4 cm³/mol. The number of fused-ring (bicyclic) bond motifs is 1. The van der Waals surface area contributed by atoms with Crippen LogP contribution in [-0.4, -0.2) is 48.8 Å². The molecule has 0 spiro atoms. The number of carbonyl (C=O) groups excluding carboxylic acids is 2. The lowest BCUT2D eigenvalue weighted by Crippen LogP contribution is -2.45. The van der Waals surface area contributed by atoms with Crippen LogP contribution in [0.5, 0.6) is 5.75 Å². The smallest absolute Gasteiger partial charge is 0.328 e. The van der Waals surface area contributed by atoms with Crippen molar-refractivity contribution in [1.82, 2.24) is 5.32 Å². The number of para-hydroxylation sites is 2. The Morgan fingerprint density at radius 1 is 1.41 bits per heavy atom. The van der Waals surface area contributed by atoms with Gasteiger partial charge in [-0.2, -0.15) is 0 Å². The number of amides is 2. The van der Waals surface area contributed by atoms with E-state index in [0.29, 0.717) is 11.4 Å². The molecule has 0 radical (unpaired) electrons. The number of hydrogen-bond acceptors (Lipinski definition) is 4. The van der Waals surface area contributed by atoms with Crippen LogP contribution in [0.3, 0.4) is 0 Å². The van der Waals surface area contributed by atoms with Gasteiger partial charge in [-0.25, -0.2) is 9.18 Å². The number of nitrogens with zero attached hydrogens (tertiary/aromatic N) is 1. The Labute approximate surface area is 125 Å². The summed E-state index contributed by atoms with van der Waals surface area (Å²) in [6, 6.07) is 5.32. The van der Waals surface area contributed by atoms with Gasteiger partial charge in [0.1, 0.15) is 12.4 Å². The maximum atomic E-state index is 12.4. The van der Waals surface area contributed by atoms with Crippen LogP contribution in [-0.2, 0) is 14.4 Å². The standard InChI is InChI=1S/C14H15FN2O5/c15-7-9(14(20)21)16-12(18)5-6-17-10-3-1-2-4-11(10)22-8-13(17)19/h1-4,9H,5-8H2,(H,16,18)(H,20,21). The third kappa shape index (κ3) is 3.51. The molecule has 1 aromatic rings. The number of aliphatic carboxylic acids is 1. The number of anilines is 1. The van der Waals surface area contributed by atoms with Crippen LogP contribution >= 0.6 is 0 Å². The minimum absolute atomic E-state index is 0.0592. The van der Waals surface area contributed by atoms with E-state index in [0.717, 1.165) is 0 Å². The number of carbonyl (C=O) groups is 3. The van der Waals surface area contributed by atoms with Crippen molar-refractivity contribution in [3.63, 3.8) is 0 Å². The normalized spacial score (nSPS) is 14.8. The Bertz CT molecular complexity index is 592. The fourth-order valence-electron chi connectivity index (χ4n) is 2.05. The highest BCUT2D eigenvalue weighted by Gasteiger charge is 2.26. The van der Waals surface area contributed by atoms with E-state index in [2.05, 4.69) is 5.32 Å². The number of hydrogen-bond donors (Lipinski definition) is 2. The van der Waals surface area contributed by atoms with Crippen molar-refractivity contribution in [2.45, 2.75) is 12.5 Å². The molecule has 22 heavy (non-hydrogen) atoms. The lowest BCUT2D eigenvalue weighted by atomic mass is 10.2. The van der Waals surface area contributed by atoms with E-state index in [1.54, 1.807) is 24.3 Å². The van der Waals surface area contributed by atoms with Crippen LogP contribution in [0.2, 0.25) is 0 Å². The molecule has 2 amide bonds. The quantitative estimate of drug-likeness (QED) is 0.790. The molecular weight excluding hydrogens is 295 g/mol. The molecule has 0 aromatic heterocycles. The first-order valence-electron chi connectivity index (χ1n) is 6.63. The summed E-state index contributed by atoms with van der Waals surface area (Å²) in [5.41, 5.74) is 0.548. The molecule has 7 nitrogen and oxygen atoms in total. The molecule has 1 atom stereocenters. The number of carboxylic acids is 1. The molecule has 1 heterocycles. The van der Waals surface area contributed by atoms with E-state index in [1.807, 2.05) is 0 Å². The van der Waals surface area contributed by atoms with Gasteiger partial charge in [0.05, 0.1) is 5.69 Å². The molecule has 0 fully saturated rings. The van der Waals surface area contributed by atoms with Crippen LogP contribution in [0.1, 0.15) is 6.42 Å². The second-order valence-corrected chi connectivity index (χ2v) is 4.66. The Morgan fingerprint density at radius 3 is 2.82 bits per heavy atom. The number of benzene rings is 1. The molecule has 0 saturated heterocycles. The maximum Gasteiger partial charge on any atom is 0.328 e. The minimum Gasteiger partial charge on any atom is -0.482 e. The predicted octanol–water partition coefficient (Wildman–Crippen LogP) is 0.341. The van der Waals surface area contributed by atoms with E-state index in [-0.39, 0.29) is 25.5 Å². The van der Waals surface area contributed by atoms with Crippen molar-refractivity contribution >= 4 is 23.5 Å². The summed E-state index contributed by atoms with van der Waals surface area (Å²) in [5, 5.41) is 10.7. The summed E-state index contributed by atoms with van der Waals surface area (Å²) in [4.78, 5) is 35.6. The Balaban J connectivity index is 1.98. The van der Waals surface area contributed by atoms with Crippen LogP contribution in [0.4, 0.5) is 10.1 Å². The second kappa shape index (κ2) is 6.88. The van der Waals surface area contributed by atoms with Gasteiger partial charge in [-0.3, -0.25) is 9.59 Å². The van der Waals surface area contributed by atoms with Gasteiger partial charge >= 0.3 is 5.97 Å². The zero-order valence-electron chi connectivity index (χ0n) is 11.6. The van der Waals surface area contributed by atoms with Gasteiger partial charge in [0.2, 0.25) is 5.91 Å². The van der Waals surface area contributed by atoms with Gasteiger partial charge in [-0.1, -0.05) is 12.1 Å². The highest BCUT2D eigenvalue weighted by molar-refractivity contribution is 5.98. The highest BCUT2D eigenvalue weighted by atomic mass is 19.1. The van der Waals surface area contributed by atoms with Crippen molar-refractivity contribution < 1.29 is 28.6 Å². The number of alkyl halides is 1. The average Bonchev–Trinajstić information content (AvgIpc) is 2.51. The van der Waals surface area contributed by atoms with Crippen molar-refractivity contribution in [2.75, 3.05) is 24.7 Å². The SMILES string of the molecule is O=C(CCN1C(=O)COc2ccccc21)NC(CF)C(=O)O. The van der Waals surface area contributed by atoms with Crippen LogP contribution < -0.4 is 15.0 Å². The summed E-state index contributed by atoms with van der Waals surface area (Å²) in [6.07, 6.45) is -0.135. The number of ether oxygens (including phenoxy) is 1. The molecule has 1 aromatic carbocycles.